The van der Waals surface area contributed by atoms with Gasteiger partial charge in [0.05, 0.1) is 24.3 Å². The maximum absolute atomic E-state index is 13.1. The highest BCUT2D eigenvalue weighted by atomic mass is 32.1. The van der Waals surface area contributed by atoms with E-state index in [1.54, 1.807) is 6.92 Å². The summed E-state index contributed by atoms with van der Waals surface area (Å²) in [5, 5.41) is 12.4. The molecule has 0 fully saturated rings. The van der Waals surface area contributed by atoms with Gasteiger partial charge >= 0.3 is 12.3 Å². The predicted molar refractivity (Wildman–Crippen MR) is 109 cm³/mol. The molecule has 0 radical (unpaired) electrons. The number of hydrogen-bond acceptors (Lipinski definition) is 5. The molecule has 31 heavy (non-hydrogen) atoms. The molecule has 3 rings (SSSR count). The van der Waals surface area contributed by atoms with Gasteiger partial charge in [-0.1, -0.05) is 18.2 Å². The molecule has 2 heterocycles. The lowest BCUT2D eigenvalue weighted by atomic mass is 10.0. The molecule has 1 aliphatic heterocycles. The smallest absolute Gasteiger partial charge is 0.416 e. The Hall–Kier alpha value is -3.32. The van der Waals surface area contributed by atoms with Crippen LogP contribution in [0, 0.1) is 11.3 Å². The van der Waals surface area contributed by atoms with Gasteiger partial charge in [0.2, 0.25) is 5.91 Å². The fourth-order valence-electron chi connectivity index (χ4n) is 3.20. The SMILES string of the molecule is CCOC(=O)N1CCc2c(sc(NC(=O)C=Cc3ccccc3C(F)(F)F)c2C#N)C1. The summed E-state index contributed by atoms with van der Waals surface area (Å²) in [7, 11) is 0. The number of alkyl halides is 3. The van der Waals surface area contributed by atoms with Crippen LogP contribution >= 0.6 is 11.3 Å². The number of hydrogen-bond donors (Lipinski definition) is 1. The minimum Gasteiger partial charge on any atom is -0.450 e. The first-order valence-corrected chi connectivity index (χ1v) is 10.2. The Bertz CT molecular complexity index is 1070. The topological polar surface area (TPSA) is 82.4 Å². The number of nitriles is 1. The Morgan fingerprint density at radius 3 is 2.77 bits per heavy atom. The monoisotopic (exact) mass is 449 g/mol. The van der Waals surface area contributed by atoms with Crippen molar-refractivity contribution < 1.29 is 27.5 Å². The normalized spacial score (nSPS) is 13.6. The van der Waals surface area contributed by atoms with E-state index in [2.05, 4.69) is 11.4 Å². The van der Waals surface area contributed by atoms with Crippen LogP contribution in [-0.2, 0) is 28.7 Å². The van der Waals surface area contributed by atoms with Crippen molar-refractivity contribution in [3.8, 4) is 6.07 Å². The molecular weight excluding hydrogens is 431 g/mol. The first kappa shape index (κ1) is 22.4. The number of rotatable bonds is 4. The largest absolute Gasteiger partial charge is 0.450 e. The molecule has 162 valence electrons. The number of thiophene rings is 1. The lowest BCUT2D eigenvalue weighted by molar-refractivity contribution is -0.137. The number of benzene rings is 1. The van der Waals surface area contributed by atoms with Gasteiger partial charge in [0.25, 0.3) is 0 Å². The predicted octanol–water partition coefficient (Wildman–Crippen LogP) is 4.81. The minimum absolute atomic E-state index is 0.138. The van der Waals surface area contributed by atoms with Gasteiger partial charge in [-0.3, -0.25) is 4.79 Å². The van der Waals surface area contributed by atoms with Crippen LogP contribution in [0.5, 0.6) is 0 Å². The number of anilines is 1. The molecule has 1 N–H and O–H groups in total. The van der Waals surface area contributed by atoms with E-state index in [-0.39, 0.29) is 18.7 Å². The maximum atomic E-state index is 13.1. The highest BCUT2D eigenvalue weighted by Gasteiger charge is 2.32. The number of nitrogens with one attached hydrogen (secondary N) is 1. The molecule has 0 saturated carbocycles. The van der Waals surface area contributed by atoms with Crippen LogP contribution in [0.4, 0.5) is 23.0 Å². The van der Waals surface area contributed by atoms with E-state index < -0.39 is 23.7 Å². The summed E-state index contributed by atoms with van der Waals surface area (Å²) in [6.45, 7) is 2.61. The molecule has 10 heteroatoms. The number of ether oxygens (including phenoxy) is 1. The molecule has 0 aliphatic carbocycles. The molecule has 0 atom stereocenters. The van der Waals surface area contributed by atoms with Crippen molar-refractivity contribution >= 4 is 34.4 Å². The molecule has 1 aliphatic rings. The van der Waals surface area contributed by atoms with Gasteiger partial charge in [-0.15, -0.1) is 11.3 Å². The van der Waals surface area contributed by atoms with E-state index in [0.717, 1.165) is 28.7 Å². The maximum Gasteiger partial charge on any atom is 0.416 e. The van der Waals surface area contributed by atoms with Gasteiger partial charge < -0.3 is 15.0 Å². The molecule has 1 aromatic heterocycles. The summed E-state index contributed by atoms with van der Waals surface area (Å²) in [6, 6.07) is 6.99. The van der Waals surface area contributed by atoms with Gasteiger partial charge in [0.1, 0.15) is 11.1 Å². The quantitative estimate of drug-likeness (QED) is 0.680. The zero-order chi connectivity index (χ0) is 22.6. The minimum atomic E-state index is -4.54. The first-order valence-electron chi connectivity index (χ1n) is 9.36. The zero-order valence-corrected chi connectivity index (χ0v) is 17.3. The molecule has 0 saturated heterocycles. The molecule has 0 bridgehead atoms. The van der Waals surface area contributed by atoms with Crippen LogP contribution in [-0.4, -0.2) is 30.1 Å². The zero-order valence-electron chi connectivity index (χ0n) is 16.5. The number of carbonyl (C=O) groups is 2. The van der Waals surface area contributed by atoms with Crippen LogP contribution in [0.2, 0.25) is 0 Å². The third-order valence-electron chi connectivity index (χ3n) is 4.61. The van der Waals surface area contributed by atoms with Gasteiger partial charge in [-0.05, 0) is 36.6 Å². The van der Waals surface area contributed by atoms with Crippen molar-refractivity contribution in [3.05, 3.63) is 57.5 Å². The molecular formula is C21H18F3N3O3S. The second-order valence-electron chi connectivity index (χ2n) is 6.60. The van der Waals surface area contributed by atoms with Crippen LogP contribution < -0.4 is 5.32 Å². The molecule has 0 spiro atoms. The molecule has 2 amide bonds. The highest BCUT2D eigenvalue weighted by molar-refractivity contribution is 7.16. The van der Waals surface area contributed by atoms with Crippen molar-refractivity contribution in [3.63, 3.8) is 0 Å². The van der Waals surface area contributed by atoms with Gasteiger partial charge in [-0.2, -0.15) is 18.4 Å². The number of amides is 2. The van der Waals surface area contributed by atoms with Crippen LogP contribution in [0.1, 0.15) is 34.1 Å². The van der Waals surface area contributed by atoms with E-state index in [0.29, 0.717) is 23.5 Å². The molecule has 6 nitrogen and oxygen atoms in total. The van der Waals surface area contributed by atoms with E-state index in [1.165, 1.54) is 34.4 Å². The molecule has 2 aromatic rings. The first-order chi connectivity index (χ1) is 14.7. The average molecular weight is 449 g/mol. The summed E-state index contributed by atoms with van der Waals surface area (Å²) in [5.41, 5.74) is 0.0827. The van der Waals surface area contributed by atoms with E-state index in [9.17, 15) is 28.0 Å². The van der Waals surface area contributed by atoms with Crippen molar-refractivity contribution in [1.29, 1.82) is 5.26 Å². The van der Waals surface area contributed by atoms with Crippen molar-refractivity contribution in [2.75, 3.05) is 18.5 Å². The Morgan fingerprint density at radius 1 is 1.35 bits per heavy atom. The summed E-state index contributed by atoms with van der Waals surface area (Å²) in [4.78, 5) is 26.5. The molecule has 1 aromatic carbocycles. The Morgan fingerprint density at radius 2 is 2.10 bits per heavy atom. The summed E-state index contributed by atoms with van der Waals surface area (Å²) in [5.74, 6) is -0.658. The highest BCUT2D eigenvalue weighted by Crippen LogP contribution is 2.37. The van der Waals surface area contributed by atoms with Crippen LogP contribution in [0.15, 0.2) is 30.3 Å². The van der Waals surface area contributed by atoms with E-state index in [1.807, 2.05) is 0 Å². The third kappa shape index (κ3) is 5.06. The number of nitrogens with zero attached hydrogens (tertiary/aromatic N) is 2. The summed E-state index contributed by atoms with van der Waals surface area (Å²) >= 11 is 1.17. The molecule has 0 unspecified atom stereocenters. The Kier molecular flexibility index (Phi) is 6.65. The van der Waals surface area contributed by atoms with Gasteiger partial charge in [0, 0.05) is 17.5 Å². The summed E-state index contributed by atoms with van der Waals surface area (Å²) < 4.78 is 44.2. The summed E-state index contributed by atoms with van der Waals surface area (Å²) in [6.07, 6.45) is -2.46. The number of carbonyl (C=O) groups excluding carboxylic acids is 2. The van der Waals surface area contributed by atoms with Gasteiger partial charge in [0.15, 0.2) is 0 Å². The van der Waals surface area contributed by atoms with Gasteiger partial charge in [-0.25, -0.2) is 4.79 Å². The third-order valence-corrected chi connectivity index (χ3v) is 5.74. The number of halogens is 3. The van der Waals surface area contributed by atoms with E-state index in [4.69, 9.17) is 4.74 Å². The lowest BCUT2D eigenvalue weighted by Gasteiger charge is -2.25. The Labute approximate surface area is 180 Å². The average Bonchev–Trinajstić information content (AvgIpc) is 3.07. The lowest BCUT2D eigenvalue weighted by Crippen LogP contribution is -2.35. The van der Waals surface area contributed by atoms with E-state index >= 15 is 0 Å². The standard InChI is InChI=1S/C21H18F3N3O3S/c1-2-30-20(29)27-10-9-14-15(11-25)19(31-17(14)12-27)26-18(28)8-7-13-5-3-4-6-16(13)21(22,23)24/h3-8H,2,9-10,12H2,1H3,(H,26,28). The fourth-order valence-corrected chi connectivity index (χ4v) is 4.42. The van der Waals surface area contributed by atoms with Crippen LogP contribution in [0.25, 0.3) is 6.08 Å². The number of fused-ring (bicyclic) bond motifs is 1. The van der Waals surface area contributed by atoms with Crippen LogP contribution in [0.3, 0.4) is 0 Å². The van der Waals surface area contributed by atoms with Crippen molar-refractivity contribution in [2.45, 2.75) is 26.1 Å². The van der Waals surface area contributed by atoms with Crippen molar-refractivity contribution in [1.82, 2.24) is 4.90 Å². The second kappa shape index (κ2) is 9.22. The second-order valence-corrected chi connectivity index (χ2v) is 7.70. The fraction of sp³-hybridized carbons (Fsp3) is 0.286. The van der Waals surface area contributed by atoms with Crippen molar-refractivity contribution in [2.24, 2.45) is 0 Å². The Balaban J connectivity index is 1.77.